The van der Waals surface area contributed by atoms with E-state index in [9.17, 15) is 0 Å². The van der Waals surface area contributed by atoms with Gasteiger partial charge in [0.25, 0.3) is 0 Å². The molecule has 6 aromatic rings. The molecule has 0 spiro atoms. The van der Waals surface area contributed by atoms with Crippen LogP contribution in [0.15, 0.2) is 109 Å². The normalized spacial score (nSPS) is 10.7. The van der Waals surface area contributed by atoms with Gasteiger partial charge in [0.1, 0.15) is 0 Å². The van der Waals surface area contributed by atoms with Crippen LogP contribution >= 0.6 is 0 Å². The zero-order valence-corrected chi connectivity index (χ0v) is 39.4. The van der Waals surface area contributed by atoms with Crippen molar-refractivity contribution in [3.05, 3.63) is 167 Å². The zero-order valence-electron chi connectivity index (χ0n) is 35.5. The molecule has 0 N–H and O–H groups in total. The van der Waals surface area contributed by atoms with E-state index in [4.69, 9.17) is 0 Å². The first-order valence-corrected chi connectivity index (χ1v) is 20.8. The topological polar surface area (TPSA) is 0 Å². The van der Waals surface area contributed by atoms with E-state index in [1.165, 1.54) is 77.6 Å². The number of benzene rings is 4. The van der Waals surface area contributed by atoms with Crippen LogP contribution in [0.2, 0.25) is 0 Å². The Hall–Kier alpha value is -3.06. The summed E-state index contributed by atoms with van der Waals surface area (Å²) >= 11 is 0. The number of unbranched alkanes of at least 4 members (excludes halogenated alkanes) is 1. The summed E-state index contributed by atoms with van der Waals surface area (Å²) in [5.74, 6) is 2.42. The second kappa shape index (κ2) is 23.8. The Morgan fingerprint density at radius 1 is 0.630 bits per heavy atom. The van der Waals surface area contributed by atoms with Gasteiger partial charge >= 0.3 is 26.2 Å². The molecule has 54 heavy (non-hydrogen) atoms. The Balaban J connectivity index is 0.000000264. The van der Waals surface area contributed by atoms with Gasteiger partial charge in [-0.1, -0.05) is 165 Å². The van der Waals surface area contributed by atoms with Crippen molar-refractivity contribution < 1.29 is 26.2 Å². The molecular weight excluding hydrogens is 744 g/mol. The van der Waals surface area contributed by atoms with E-state index in [1.54, 1.807) is 0 Å². The number of hydrogen-bond donors (Lipinski definition) is 0. The van der Waals surface area contributed by atoms with Gasteiger partial charge in [0.2, 0.25) is 0 Å². The van der Waals surface area contributed by atoms with Gasteiger partial charge in [-0.25, -0.2) is 0 Å². The molecule has 6 rings (SSSR count). The molecule has 0 aromatic heterocycles. The third kappa shape index (κ3) is 14.5. The molecule has 0 radical (unpaired) electrons. The summed E-state index contributed by atoms with van der Waals surface area (Å²) in [4.78, 5) is 0. The van der Waals surface area contributed by atoms with Crippen LogP contribution in [-0.4, -0.2) is 15.0 Å². The molecule has 0 atom stereocenters. The molecule has 0 saturated heterocycles. The maximum atomic E-state index is 3.60. The fourth-order valence-electron chi connectivity index (χ4n) is 6.49. The molecule has 0 amide bonds. The Morgan fingerprint density at radius 2 is 1.04 bits per heavy atom. The standard InChI is InChI=1S/C16H17Si.2C16H21.C4H9.Zr/c17-16(15-11-5-2-6-12-15)13-7-10-14-8-3-1-4-9-14;2*1-10(2)13-8-14-6-12(5)7-16(14)15(9-13)11(3)4;1-3-4-2;/h1-6,8-12H,7,13,17H2;2*6-11H,1-5H3;1,3-4H2,2H3;/q4*-1;+4. The summed E-state index contributed by atoms with van der Waals surface area (Å²) in [6.45, 7) is 28.3. The molecule has 0 heterocycles. The van der Waals surface area contributed by atoms with Crippen LogP contribution in [0.1, 0.15) is 156 Å². The minimum atomic E-state index is 0. The van der Waals surface area contributed by atoms with Crippen molar-refractivity contribution in [1.82, 2.24) is 0 Å². The summed E-state index contributed by atoms with van der Waals surface area (Å²) in [6, 6.07) is 39.9. The van der Waals surface area contributed by atoms with Gasteiger partial charge in [0.05, 0.1) is 0 Å². The Bertz CT molecular complexity index is 1850. The fraction of sp³-hybridized carbons (Fsp3) is 0.365. The average molecular weight is 812 g/mol. The van der Waals surface area contributed by atoms with E-state index in [1.807, 2.05) is 9.85 Å². The van der Waals surface area contributed by atoms with E-state index >= 15 is 0 Å². The van der Waals surface area contributed by atoms with Gasteiger partial charge in [-0.15, -0.1) is 69.1 Å². The molecule has 6 aromatic carbocycles. The van der Waals surface area contributed by atoms with Crippen molar-refractivity contribution in [2.45, 2.75) is 126 Å². The molecule has 0 unspecified atom stereocenters. The van der Waals surface area contributed by atoms with Gasteiger partial charge in [-0.2, -0.15) is 42.7 Å². The number of aryl methyl sites for hydroxylation is 2. The number of hydrogen-bond acceptors (Lipinski definition) is 0. The predicted molar refractivity (Wildman–Crippen MR) is 243 cm³/mol. The van der Waals surface area contributed by atoms with Gasteiger partial charge in [-0.05, 0) is 45.5 Å². The fourth-order valence-corrected chi connectivity index (χ4v) is 6.93. The van der Waals surface area contributed by atoms with Crippen molar-refractivity contribution in [2.75, 3.05) is 0 Å². The van der Waals surface area contributed by atoms with Gasteiger partial charge in [0.15, 0.2) is 0 Å². The third-order valence-corrected chi connectivity index (χ3v) is 10.5. The molecular formula is C52H68SiZr. The Labute approximate surface area is 353 Å². The van der Waals surface area contributed by atoms with Crippen LogP contribution < -0.4 is 0 Å². The van der Waals surface area contributed by atoms with Gasteiger partial charge in [-0.3, -0.25) is 0 Å². The summed E-state index contributed by atoms with van der Waals surface area (Å²) < 4.78 is 0. The molecule has 0 aliphatic rings. The van der Waals surface area contributed by atoms with Crippen LogP contribution in [-0.2, 0) is 26.2 Å². The van der Waals surface area contributed by atoms with Crippen LogP contribution in [0.25, 0.3) is 21.5 Å². The summed E-state index contributed by atoms with van der Waals surface area (Å²) in [5, 5.41) is 7.19. The van der Waals surface area contributed by atoms with E-state index in [2.05, 4.69) is 199 Å². The van der Waals surface area contributed by atoms with E-state index < -0.39 is 0 Å². The predicted octanol–water partition coefficient (Wildman–Crippen LogP) is 14.7. The SMILES string of the molecule is Cc1cc2c(C(C)C)cc(C(C)C)cc2[cH-]1.Cc1cc2c(C(C)C)cc(C(C)C)cc2[cH-]1.[CH2-]CCC.[SiH2]=C(CC[CH-]c1ccccc1)c1ccccc1.[Zr+4]. The van der Waals surface area contributed by atoms with Crippen molar-refractivity contribution in [2.24, 2.45) is 0 Å². The minimum absolute atomic E-state index is 0. The van der Waals surface area contributed by atoms with Crippen LogP contribution in [0, 0.1) is 27.2 Å². The molecule has 0 aliphatic heterocycles. The first-order valence-electron chi connectivity index (χ1n) is 20.1. The van der Waals surface area contributed by atoms with E-state index in [-0.39, 0.29) is 26.2 Å². The average Bonchev–Trinajstić information content (AvgIpc) is 3.72. The molecule has 0 bridgehead atoms. The van der Waals surface area contributed by atoms with Crippen molar-refractivity contribution in [1.29, 1.82) is 0 Å². The monoisotopic (exact) mass is 810 g/mol. The molecule has 0 aliphatic carbocycles. The second-order valence-electron chi connectivity index (χ2n) is 15.9. The third-order valence-electron chi connectivity index (χ3n) is 9.78. The van der Waals surface area contributed by atoms with Crippen molar-refractivity contribution >= 4 is 36.6 Å². The first-order chi connectivity index (χ1) is 25.2. The zero-order chi connectivity index (χ0) is 39.1. The van der Waals surface area contributed by atoms with E-state index in [0.717, 1.165) is 19.3 Å². The van der Waals surface area contributed by atoms with Crippen molar-refractivity contribution in [3.8, 4) is 0 Å². The molecule has 284 valence electrons. The molecule has 0 fully saturated rings. The van der Waals surface area contributed by atoms with Crippen molar-refractivity contribution in [3.63, 3.8) is 0 Å². The quantitative estimate of drug-likeness (QED) is 0.0955. The maximum absolute atomic E-state index is 3.60. The minimum Gasteiger partial charge on any atom is -0.343 e. The maximum Gasteiger partial charge on any atom is 4.00 e. The first kappa shape index (κ1) is 47.1. The second-order valence-corrected chi connectivity index (χ2v) is 16.7. The number of fused-ring (bicyclic) bond motifs is 2. The van der Waals surface area contributed by atoms with E-state index in [0.29, 0.717) is 23.7 Å². The Morgan fingerprint density at radius 3 is 1.41 bits per heavy atom. The largest absolute Gasteiger partial charge is 4.00 e. The molecule has 0 saturated carbocycles. The molecule has 0 nitrogen and oxygen atoms in total. The smallest absolute Gasteiger partial charge is 0.343 e. The molecule has 2 heteroatoms. The van der Waals surface area contributed by atoms with Gasteiger partial charge < -0.3 is 6.92 Å². The van der Waals surface area contributed by atoms with Crippen LogP contribution in [0.5, 0.6) is 0 Å². The van der Waals surface area contributed by atoms with Crippen LogP contribution in [0.3, 0.4) is 0 Å². The van der Waals surface area contributed by atoms with Gasteiger partial charge in [0, 0.05) is 0 Å². The summed E-state index contributed by atoms with van der Waals surface area (Å²) in [7, 11) is 2.00. The summed E-state index contributed by atoms with van der Waals surface area (Å²) in [6.07, 6.45) is 6.83. The Kier molecular flexibility index (Phi) is 20.7. The number of rotatable bonds is 10. The summed E-state index contributed by atoms with van der Waals surface area (Å²) in [5.41, 5.74) is 11.3. The van der Waals surface area contributed by atoms with Crippen LogP contribution in [0.4, 0.5) is 0 Å².